The highest BCUT2D eigenvalue weighted by molar-refractivity contribution is 7.99. The Bertz CT molecular complexity index is 705. The van der Waals surface area contributed by atoms with Gasteiger partial charge < -0.3 is 4.57 Å². The topological polar surface area (TPSA) is 17.8 Å². The zero-order valence-electron chi connectivity index (χ0n) is 21.3. The zero-order valence-corrected chi connectivity index (χ0v) is 23.6. The molecule has 0 fully saturated rings. The number of hydrogen-bond acceptors (Lipinski definition) is 2. The van der Waals surface area contributed by atoms with E-state index in [9.17, 15) is 0 Å². The third-order valence-electron chi connectivity index (χ3n) is 6.55. The molecule has 192 valence electrons. The molecule has 1 heterocycles. The fraction of sp³-hybridized carbons (Fsp3) is 0.690. The number of rotatable bonds is 21. The first kappa shape index (κ1) is 29.6. The summed E-state index contributed by atoms with van der Waals surface area (Å²) in [6, 6.07) is 8.10. The quantitative estimate of drug-likeness (QED) is 0.119. The van der Waals surface area contributed by atoms with E-state index in [1.165, 1.54) is 108 Å². The van der Waals surface area contributed by atoms with Gasteiger partial charge in [-0.2, -0.15) is 11.8 Å². The molecule has 34 heavy (non-hydrogen) atoms. The molecule has 2 aromatic rings. The number of halogens is 2. The van der Waals surface area contributed by atoms with Crippen molar-refractivity contribution in [1.29, 1.82) is 0 Å². The van der Waals surface area contributed by atoms with Gasteiger partial charge in [0.2, 0.25) is 0 Å². The standard InChI is InChI=1S/C29H46Cl2N2S/c1-2-3-4-5-6-7-8-9-10-11-12-13-14-15-16-17-24-34-28(26-18-20-27(30)21-19-26)29(31)33-23-22-32-25-33/h18-23,25,28-29H,2-17,24H2,1H3. The predicted octanol–water partition coefficient (Wildman–Crippen LogP) is 11.0. The minimum atomic E-state index is -0.158. The van der Waals surface area contributed by atoms with Crippen molar-refractivity contribution in [3.8, 4) is 0 Å². The smallest absolute Gasteiger partial charge is 0.125 e. The molecule has 2 unspecified atom stereocenters. The zero-order chi connectivity index (χ0) is 24.3. The molecule has 0 spiro atoms. The van der Waals surface area contributed by atoms with Gasteiger partial charge in [-0.3, -0.25) is 0 Å². The van der Waals surface area contributed by atoms with Crippen LogP contribution in [0.3, 0.4) is 0 Å². The molecule has 2 nitrogen and oxygen atoms in total. The van der Waals surface area contributed by atoms with Gasteiger partial charge in [0.15, 0.2) is 0 Å². The van der Waals surface area contributed by atoms with Crippen molar-refractivity contribution in [2.24, 2.45) is 0 Å². The third kappa shape index (κ3) is 12.9. The van der Waals surface area contributed by atoms with Crippen LogP contribution in [0.5, 0.6) is 0 Å². The molecule has 2 atom stereocenters. The molecule has 0 bridgehead atoms. The van der Waals surface area contributed by atoms with Crippen molar-refractivity contribution in [3.63, 3.8) is 0 Å². The minimum Gasteiger partial charge on any atom is -0.319 e. The summed E-state index contributed by atoms with van der Waals surface area (Å²) in [4.78, 5) is 4.16. The van der Waals surface area contributed by atoms with Crippen LogP contribution in [0.2, 0.25) is 5.02 Å². The van der Waals surface area contributed by atoms with Crippen molar-refractivity contribution in [1.82, 2.24) is 9.55 Å². The molecule has 0 radical (unpaired) electrons. The first-order valence-corrected chi connectivity index (χ1v) is 15.6. The Labute approximate surface area is 223 Å². The van der Waals surface area contributed by atoms with Gasteiger partial charge in [-0.05, 0) is 29.9 Å². The first-order chi connectivity index (χ1) is 16.7. The van der Waals surface area contributed by atoms with E-state index in [1.807, 2.05) is 34.7 Å². The van der Waals surface area contributed by atoms with Crippen LogP contribution in [0.1, 0.15) is 126 Å². The van der Waals surface area contributed by atoms with Gasteiger partial charge in [-0.25, -0.2) is 4.98 Å². The lowest BCUT2D eigenvalue weighted by molar-refractivity contribution is 0.531. The maximum absolute atomic E-state index is 6.83. The van der Waals surface area contributed by atoms with Crippen LogP contribution < -0.4 is 0 Å². The molecule has 0 aliphatic heterocycles. The molecular weight excluding hydrogens is 479 g/mol. The number of aromatic nitrogens is 2. The van der Waals surface area contributed by atoms with E-state index in [0.29, 0.717) is 0 Å². The highest BCUT2D eigenvalue weighted by atomic mass is 35.5. The van der Waals surface area contributed by atoms with Crippen LogP contribution in [-0.4, -0.2) is 15.3 Å². The number of hydrogen-bond donors (Lipinski definition) is 0. The number of unbranched alkanes of at least 4 members (excludes halogenated alkanes) is 15. The first-order valence-electron chi connectivity index (χ1n) is 13.7. The molecule has 0 aliphatic carbocycles. The van der Waals surface area contributed by atoms with Gasteiger partial charge >= 0.3 is 0 Å². The van der Waals surface area contributed by atoms with E-state index < -0.39 is 0 Å². The van der Waals surface area contributed by atoms with Crippen LogP contribution in [0.25, 0.3) is 0 Å². The second-order valence-corrected chi connectivity index (χ2v) is 11.7. The highest BCUT2D eigenvalue weighted by Crippen LogP contribution is 2.42. The Morgan fingerprint density at radius 2 is 1.26 bits per heavy atom. The fourth-order valence-electron chi connectivity index (χ4n) is 4.42. The number of nitrogens with zero attached hydrogens (tertiary/aromatic N) is 2. The van der Waals surface area contributed by atoms with Gasteiger partial charge in [0.05, 0.1) is 11.6 Å². The lowest BCUT2D eigenvalue weighted by Gasteiger charge is -2.23. The second kappa shape index (κ2) is 19.5. The summed E-state index contributed by atoms with van der Waals surface area (Å²) in [7, 11) is 0. The summed E-state index contributed by atoms with van der Waals surface area (Å²) in [5.41, 5.74) is 1.06. The van der Waals surface area contributed by atoms with Crippen molar-refractivity contribution in [2.75, 3.05) is 5.75 Å². The molecule has 1 aromatic heterocycles. The molecule has 5 heteroatoms. The molecule has 0 saturated carbocycles. The number of benzene rings is 1. The van der Waals surface area contributed by atoms with Crippen molar-refractivity contribution in [2.45, 2.75) is 120 Å². The van der Waals surface area contributed by atoms with E-state index in [-0.39, 0.29) is 10.8 Å². The van der Waals surface area contributed by atoms with E-state index >= 15 is 0 Å². The molecule has 0 aliphatic rings. The van der Waals surface area contributed by atoms with Crippen molar-refractivity contribution in [3.05, 3.63) is 53.6 Å². The highest BCUT2D eigenvalue weighted by Gasteiger charge is 2.23. The Morgan fingerprint density at radius 3 is 1.74 bits per heavy atom. The summed E-state index contributed by atoms with van der Waals surface area (Å²) >= 11 is 14.9. The third-order valence-corrected chi connectivity index (χ3v) is 8.85. The molecule has 0 amide bonds. The molecule has 1 aromatic carbocycles. The Kier molecular flexibility index (Phi) is 17.0. The summed E-state index contributed by atoms with van der Waals surface area (Å²) in [6.07, 6.45) is 28.0. The molecule has 0 saturated heterocycles. The summed E-state index contributed by atoms with van der Waals surface area (Å²) in [5, 5.41) is 0.948. The summed E-state index contributed by atoms with van der Waals surface area (Å²) < 4.78 is 1.99. The van der Waals surface area contributed by atoms with Gasteiger partial charge in [-0.1, -0.05) is 139 Å². The maximum Gasteiger partial charge on any atom is 0.125 e. The fourth-order valence-corrected chi connectivity index (χ4v) is 6.30. The summed E-state index contributed by atoms with van der Waals surface area (Å²) in [5.74, 6) is 1.13. The van der Waals surface area contributed by atoms with Gasteiger partial charge in [-0.15, -0.1) is 0 Å². The summed E-state index contributed by atoms with van der Waals surface area (Å²) in [6.45, 7) is 2.29. The predicted molar refractivity (Wildman–Crippen MR) is 153 cm³/mol. The average Bonchev–Trinajstić information content (AvgIpc) is 3.39. The van der Waals surface area contributed by atoms with Gasteiger partial charge in [0.1, 0.15) is 5.50 Å². The van der Waals surface area contributed by atoms with Crippen LogP contribution >= 0.6 is 35.0 Å². The van der Waals surface area contributed by atoms with Crippen LogP contribution in [0, 0.1) is 0 Å². The normalized spacial score (nSPS) is 13.3. The number of thioether (sulfide) groups is 1. The second-order valence-electron chi connectivity index (χ2n) is 9.53. The van der Waals surface area contributed by atoms with E-state index in [0.717, 1.165) is 10.8 Å². The van der Waals surface area contributed by atoms with E-state index in [4.69, 9.17) is 23.2 Å². The lowest BCUT2D eigenvalue weighted by atomic mass is 10.0. The lowest BCUT2D eigenvalue weighted by Crippen LogP contribution is -2.10. The monoisotopic (exact) mass is 524 g/mol. The Hall–Kier alpha value is -0.640. The maximum atomic E-state index is 6.83. The van der Waals surface area contributed by atoms with Crippen molar-refractivity contribution < 1.29 is 0 Å². The number of alkyl halides is 1. The van der Waals surface area contributed by atoms with Gasteiger partial charge in [0.25, 0.3) is 0 Å². The Morgan fingerprint density at radius 1 is 0.765 bits per heavy atom. The molecule has 0 N–H and O–H groups in total. The van der Waals surface area contributed by atoms with E-state index in [2.05, 4.69) is 24.0 Å². The Balaban J connectivity index is 1.49. The van der Waals surface area contributed by atoms with Crippen LogP contribution in [-0.2, 0) is 0 Å². The molecule has 2 rings (SSSR count). The SMILES string of the molecule is CCCCCCCCCCCCCCCCCCSC(c1ccc(Cl)cc1)C(Cl)n1ccnc1. The van der Waals surface area contributed by atoms with Gasteiger partial charge in [0, 0.05) is 17.4 Å². The minimum absolute atomic E-state index is 0.158. The average molecular weight is 526 g/mol. The van der Waals surface area contributed by atoms with Crippen molar-refractivity contribution >= 4 is 35.0 Å². The van der Waals surface area contributed by atoms with E-state index in [1.54, 1.807) is 12.5 Å². The van der Waals surface area contributed by atoms with Crippen LogP contribution in [0.15, 0.2) is 43.0 Å². The largest absolute Gasteiger partial charge is 0.319 e. The van der Waals surface area contributed by atoms with Crippen LogP contribution in [0.4, 0.5) is 0 Å². The molecular formula is C29H46Cl2N2S. The number of imidazole rings is 1.